The van der Waals surface area contributed by atoms with Crippen molar-refractivity contribution in [3.63, 3.8) is 0 Å². The van der Waals surface area contributed by atoms with Gasteiger partial charge in [0.15, 0.2) is 5.82 Å². The lowest BCUT2D eigenvalue weighted by molar-refractivity contribution is -0.114. The number of nitrogens with zero attached hydrogens (tertiary/aromatic N) is 1. The van der Waals surface area contributed by atoms with Crippen LogP contribution in [0.5, 0.6) is 0 Å². The zero-order valence-corrected chi connectivity index (χ0v) is 5.79. The van der Waals surface area contributed by atoms with Gasteiger partial charge in [0.2, 0.25) is 5.91 Å². The summed E-state index contributed by atoms with van der Waals surface area (Å²) in [6, 6.07) is 3.70. The van der Waals surface area contributed by atoms with E-state index in [0.717, 1.165) is 5.69 Å². The van der Waals surface area contributed by atoms with Gasteiger partial charge in [0.1, 0.15) is 0 Å². The van der Waals surface area contributed by atoms with Gasteiger partial charge in [0, 0.05) is 6.20 Å². The van der Waals surface area contributed by atoms with Crippen molar-refractivity contribution in [3.05, 3.63) is 18.3 Å². The van der Waals surface area contributed by atoms with E-state index in [-0.39, 0.29) is 5.91 Å². The van der Waals surface area contributed by atoms with Crippen molar-refractivity contribution in [2.45, 2.75) is 0 Å². The van der Waals surface area contributed by atoms with E-state index in [4.69, 9.17) is 0 Å². The van der Waals surface area contributed by atoms with Crippen LogP contribution in [0.2, 0.25) is 0 Å². The summed E-state index contributed by atoms with van der Waals surface area (Å²) >= 11 is 0. The molecule has 0 aromatic carbocycles. The number of aromatic nitrogens is 1. The number of pyridine rings is 1. The van der Waals surface area contributed by atoms with Crippen LogP contribution in [-0.4, -0.2) is 17.4 Å². The maximum Gasteiger partial charge on any atom is 0.244 e. The van der Waals surface area contributed by atoms with Crippen LogP contribution >= 0.6 is 0 Å². The fourth-order valence-electron chi connectivity index (χ4n) is 0.999. The van der Waals surface area contributed by atoms with Crippen LogP contribution in [0.1, 0.15) is 0 Å². The molecule has 0 bridgehead atoms. The van der Waals surface area contributed by atoms with Crippen molar-refractivity contribution < 1.29 is 4.79 Å². The van der Waals surface area contributed by atoms with Crippen LogP contribution in [0.4, 0.5) is 11.5 Å². The summed E-state index contributed by atoms with van der Waals surface area (Å²) in [7, 11) is 0. The van der Waals surface area contributed by atoms with Crippen LogP contribution < -0.4 is 10.6 Å². The number of nitrogens with one attached hydrogen (secondary N) is 2. The Morgan fingerprint density at radius 3 is 3.36 bits per heavy atom. The van der Waals surface area contributed by atoms with Gasteiger partial charge in [-0.15, -0.1) is 0 Å². The first-order chi connectivity index (χ1) is 5.36. The lowest BCUT2D eigenvalue weighted by atomic mass is 10.3. The summed E-state index contributed by atoms with van der Waals surface area (Å²) < 4.78 is 0. The Balaban J connectivity index is 2.41. The molecule has 11 heavy (non-hydrogen) atoms. The second-order valence-electron chi connectivity index (χ2n) is 2.30. The summed E-state index contributed by atoms with van der Waals surface area (Å²) in [5, 5.41) is 5.59. The zero-order valence-electron chi connectivity index (χ0n) is 5.79. The highest BCUT2D eigenvalue weighted by atomic mass is 16.2. The van der Waals surface area contributed by atoms with E-state index >= 15 is 0 Å². The fourth-order valence-corrected chi connectivity index (χ4v) is 0.999. The minimum absolute atomic E-state index is 0.0452. The molecule has 0 spiro atoms. The molecule has 0 fully saturated rings. The molecule has 0 saturated carbocycles. The number of hydrogen-bond donors (Lipinski definition) is 2. The Bertz CT molecular complexity index is 297. The molecule has 2 N–H and O–H groups in total. The Labute approximate surface area is 63.6 Å². The topological polar surface area (TPSA) is 54.0 Å². The van der Waals surface area contributed by atoms with Crippen LogP contribution in [0.15, 0.2) is 18.3 Å². The quantitative estimate of drug-likeness (QED) is 0.563. The van der Waals surface area contributed by atoms with Gasteiger partial charge in [-0.2, -0.15) is 0 Å². The fraction of sp³-hybridized carbons (Fsp3) is 0.143. The first-order valence-electron chi connectivity index (χ1n) is 3.35. The largest absolute Gasteiger partial charge is 0.373 e. The predicted octanol–water partition coefficient (Wildman–Crippen LogP) is 0.446. The third-order valence-electron chi connectivity index (χ3n) is 1.50. The molecule has 1 aromatic heterocycles. The molecule has 1 aromatic rings. The van der Waals surface area contributed by atoms with Crippen LogP contribution in [0.25, 0.3) is 0 Å². The minimum Gasteiger partial charge on any atom is -0.373 e. The summed E-state index contributed by atoms with van der Waals surface area (Å²) in [6.45, 7) is 0.332. The molecule has 4 nitrogen and oxygen atoms in total. The molecule has 2 rings (SSSR count). The third-order valence-corrected chi connectivity index (χ3v) is 1.50. The number of carbonyl (C=O) groups excluding carboxylic acids is 1. The maximum absolute atomic E-state index is 10.8. The Kier molecular flexibility index (Phi) is 1.25. The number of anilines is 2. The number of fused-ring (bicyclic) bond motifs is 1. The first kappa shape index (κ1) is 6.15. The van der Waals surface area contributed by atoms with E-state index in [1.807, 2.05) is 12.1 Å². The molecule has 0 atom stereocenters. The monoisotopic (exact) mass is 149 g/mol. The van der Waals surface area contributed by atoms with E-state index in [9.17, 15) is 4.79 Å². The van der Waals surface area contributed by atoms with E-state index in [1.54, 1.807) is 6.20 Å². The maximum atomic E-state index is 10.8. The standard InChI is InChI=1S/C7H7N3O/c11-6-4-9-5-2-1-3-8-7(5)10-6/h1-3,9H,4H2,(H,8,10,11). The zero-order chi connectivity index (χ0) is 7.68. The highest BCUT2D eigenvalue weighted by Gasteiger charge is 2.12. The molecule has 0 saturated heterocycles. The Morgan fingerprint density at radius 2 is 2.45 bits per heavy atom. The molecule has 56 valence electrons. The Morgan fingerprint density at radius 1 is 1.55 bits per heavy atom. The van der Waals surface area contributed by atoms with Crippen LogP contribution in [-0.2, 0) is 4.79 Å². The van der Waals surface area contributed by atoms with Crippen molar-refractivity contribution in [2.75, 3.05) is 17.2 Å². The van der Waals surface area contributed by atoms with Crippen molar-refractivity contribution >= 4 is 17.4 Å². The molecule has 1 aliphatic heterocycles. The van der Waals surface area contributed by atoms with Crippen molar-refractivity contribution in [2.24, 2.45) is 0 Å². The normalized spacial score (nSPS) is 14.7. The first-order valence-corrected chi connectivity index (χ1v) is 3.35. The minimum atomic E-state index is -0.0452. The number of rotatable bonds is 0. The molecule has 4 heteroatoms. The van der Waals surface area contributed by atoms with Crippen molar-refractivity contribution in [3.8, 4) is 0 Å². The average molecular weight is 149 g/mol. The summed E-state index contributed by atoms with van der Waals surface area (Å²) in [5.74, 6) is 0.569. The van der Waals surface area contributed by atoms with Gasteiger partial charge >= 0.3 is 0 Å². The number of hydrogen-bond acceptors (Lipinski definition) is 3. The molecule has 1 aliphatic rings. The van der Waals surface area contributed by atoms with Crippen LogP contribution in [0, 0.1) is 0 Å². The summed E-state index contributed by atoms with van der Waals surface area (Å²) in [4.78, 5) is 14.8. The van der Waals surface area contributed by atoms with E-state index in [2.05, 4.69) is 15.6 Å². The second-order valence-corrected chi connectivity index (χ2v) is 2.30. The molecular formula is C7H7N3O. The molecular weight excluding hydrogens is 142 g/mol. The van der Waals surface area contributed by atoms with E-state index < -0.39 is 0 Å². The van der Waals surface area contributed by atoms with Crippen molar-refractivity contribution in [1.82, 2.24) is 4.98 Å². The Hall–Kier alpha value is -1.58. The average Bonchev–Trinajstić information content (AvgIpc) is 2.04. The van der Waals surface area contributed by atoms with Crippen molar-refractivity contribution in [1.29, 1.82) is 0 Å². The van der Waals surface area contributed by atoms with E-state index in [1.165, 1.54) is 0 Å². The van der Waals surface area contributed by atoms with Gasteiger partial charge in [-0.05, 0) is 12.1 Å². The summed E-state index contributed by atoms with van der Waals surface area (Å²) in [6.07, 6.45) is 1.64. The summed E-state index contributed by atoms with van der Waals surface area (Å²) in [5.41, 5.74) is 0.882. The second kappa shape index (κ2) is 2.23. The highest BCUT2D eigenvalue weighted by molar-refractivity contribution is 5.99. The van der Waals surface area contributed by atoms with Gasteiger partial charge in [0.25, 0.3) is 0 Å². The number of amides is 1. The molecule has 0 unspecified atom stereocenters. The molecule has 2 heterocycles. The van der Waals surface area contributed by atoms with Gasteiger partial charge in [-0.3, -0.25) is 4.79 Å². The lowest BCUT2D eigenvalue weighted by Gasteiger charge is -2.16. The van der Waals surface area contributed by atoms with Gasteiger partial charge in [0.05, 0.1) is 12.2 Å². The molecule has 0 radical (unpaired) electrons. The predicted molar refractivity (Wildman–Crippen MR) is 41.4 cm³/mol. The van der Waals surface area contributed by atoms with Crippen LogP contribution in [0.3, 0.4) is 0 Å². The highest BCUT2D eigenvalue weighted by Crippen LogP contribution is 2.19. The SMILES string of the molecule is O=C1CNc2cccnc2N1. The van der Waals surface area contributed by atoms with Gasteiger partial charge in [-0.1, -0.05) is 0 Å². The lowest BCUT2D eigenvalue weighted by Crippen LogP contribution is -2.27. The molecule has 1 amide bonds. The number of carbonyl (C=O) groups is 1. The smallest absolute Gasteiger partial charge is 0.244 e. The molecule has 0 aliphatic carbocycles. The van der Waals surface area contributed by atoms with Gasteiger partial charge < -0.3 is 10.6 Å². The van der Waals surface area contributed by atoms with Gasteiger partial charge in [-0.25, -0.2) is 4.98 Å². The van der Waals surface area contributed by atoms with E-state index in [0.29, 0.717) is 12.4 Å². The third kappa shape index (κ3) is 1.02.